The number of carboxylic acid groups (broad SMARTS) is 1. The Kier molecular flexibility index (Phi) is 13.3. The summed E-state index contributed by atoms with van der Waals surface area (Å²) in [6.07, 6.45) is -1.30. The average Bonchev–Trinajstić information content (AvgIpc) is 2.85. The van der Waals surface area contributed by atoms with Gasteiger partial charge in [-0.2, -0.15) is 0 Å². The zero-order valence-electron chi connectivity index (χ0n) is 21.5. The Morgan fingerprint density at radius 3 is 1.70 bits per heavy atom. The molecule has 5 amide bonds. The van der Waals surface area contributed by atoms with Gasteiger partial charge in [-0.25, -0.2) is 4.79 Å². The highest BCUT2D eigenvalue weighted by Crippen LogP contribution is 2.11. The maximum absolute atomic E-state index is 12.9. The minimum atomic E-state index is -1.65. The van der Waals surface area contributed by atoms with Crippen molar-refractivity contribution in [2.45, 2.75) is 56.3 Å². The number of carboxylic acids is 1. The minimum absolute atomic E-state index is 0.00939. The fourth-order valence-electron chi connectivity index (χ4n) is 3.38. The summed E-state index contributed by atoms with van der Waals surface area (Å²) in [4.78, 5) is 76.8. The quantitative estimate of drug-likeness (QED) is 0.0488. The molecule has 220 valence electrons. The number of carbonyl (C=O) groups is 6. The average molecular weight is 566 g/mol. The van der Waals surface area contributed by atoms with Gasteiger partial charge < -0.3 is 54.8 Å². The summed E-state index contributed by atoms with van der Waals surface area (Å²) in [7, 11) is 0. The molecule has 0 radical (unpaired) electrons. The molecule has 0 aliphatic carbocycles. The minimum Gasteiger partial charge on any atom is -0.508 e. The van der Waals surface area contributed by atoms with Crippen molar-refractivity contribution in [3.63, 3.8) is 0 Å². The number of aromatic hydroxyl groups is 1. The fourth-order valence-corrected chi connectivity index (χ4v) is 3.38. The van der Waals surface area contributed by atoms with Gasteiger partial charge in [0.2, 0.25) is 29.5 Å². The van der Waals surface area contributed by atoms with E-state index in [1.165, 1.54) is 24.3 Å². The maximum atomic E-state index is 12.9. The van der Waals surface area contributed by atoms with Crippen LogP contribution in [0.2, 0.25) is 0 Å². The third kappa shape index (κ3) is 12.5. The topological polar surface area (TPSA) is 321 Å². The number of carbonyl (C=O) groups excluding carboxylic acids is 5. The van der Waals surface area contributed by atoms with Gasteiger partial charge in [0.15, 0.2) is 5.96 Å². The van der Waals surface area contributed by atoms with Crippen LogP contribution in [0.3, 0.4) is 0 Å². The van der Waals surface area contributed by atoms with Gasteiger partial charge in [0, 0.05) is 6.54 Å². The smallest absolute Gasteiger partial charge is 0.326 e. The molecular weight excluding hydrogens is 530 g/mol. The van der Waals surface area contributed by atoms with E-state index < -0.39 is 72.5 Å². The molecule has 0 aliphatic heterocycles. The van der Waals surface area contributed by atoms with Crippen molar-refractivity contribution in [1.82, 2.24) is 16.0 Å². The van der Waals surface area contributed by atoms with Crippen LogP contribution in [-0.4, -0.2) is 82.4 Å². The molecule has 0 spiro atoms. The molecule has 0 heterocycles. The summed E-state index contributed by atoms with van der Waals surface area (Å²) in [6, 6.07) is 0.0261. The summed E-state index contributed by atoms with van der Waals surface area (Å²) in [5.41, 5.74) is 27.3. The molecule has 4 atom stereocenters. The highest BCUT2D eigenvalue weighted by molar-refractivity contribution is 5.97. The zero-order valence-corrected chi connectivity index (χ0v) is 21.5. The molecule has 0 aromatic heterocycles. The molecule has 1 aromatic rings. The Balaban J connectivity index is 2.96. The predicted molar refractivity (Wildman–Crippen MR) is 141 cm³/mol. The molecule has 4 unspecified atom stereocenters. The van der Waals surface area contributed by atoms with Crippen LogP contribution in [-0.2, 0) is 35.2 Å². The number of primary amides is 2. The summed E-state index contributed by atoms with van der Waals surface area (Å²) < 4.78 is 0. The van der Waals surface area contributed by atoms with Crippen LogP contribution < -0.4 is 44.6 Å². The van der Waals surface area contributed by atoms with E-state index >= 15 is 0 Å². The Morgan fingerprint density at radius 2 is 1.25 bits per heavy atom. The van der Waals surface area contributed by atoms with Gasteiger partial charge in [0.05, 0.1) is 18.9 Å². The van der Waals surface area contributed by atoms with Gasteiger partial charge in [0.25, 0.3) is 0 Å². The summed E-state index contributed by atoms with van der Waals surface area (Å²) in [5.74, 6) is -6.55. The van der Waals surface area contributed by atoms with E-state index in [1.54, 1.807) is 0 Å². The number of guanidine groups is 1. The lowest BCUT2D eigenvalue weighted by Gasteiger charge is -2.24. The molecule has 0 bridgehead atoms. The standard InChI is InChI=1S/C23H35N9O8/c24-13(8-11-3-5-12(33)6-4-11)19(36)31-15(9-17(25)34)21(38)32-16(10-18(26)35)20(37)30-14(22(39)40)2-1-7-29-23(27)28/h3-6,13-16,33H,1-2,7-10,24H2,(H2,25,34)(H2,26,35)(H,30,37)(H,31,36)(H,32,38)(H,39,40)(H4,27,28,29). The number of phenols is 1. The number of nitrogens with one attached hydrogen (secondary N) is 3. The highest BCUT2D eigenvalue weighted by Gasteiger charge is 2.32. The van der Waals surface area contributed by atoms with Crippen LogP contribution >= 0.6 is 0 Å². The number of hydrogen-bond donors (Lipinski definition) is 10. The van der Waals surface area contributed by atoms with Crippen molar-refractivity contribution in [3.8, 4) is 5.75 Å². The number of hydrogen-bond acceptors (Lipinski definition) is 9. The van der Waals surface area contributed by atoms with Crippen LogP contribution in [0.25, 0.3) is 0 Å². The first-order valence-corrected chi connectivity index (χ1v) is 12.0. The van der Waals surface area contributed by atoms with Crippen molar-refractivity contribution < 1.29 is 39.0 Å². The largest absolute Gasteiger partial charge is 0.508 e. The first-order valence-electron chi connectivity index (χ1n) is 12.0. The number of nitrogens with zero attached hydrogens (tertiary/aromatic N) is 1. The molecule has 40 heavy (non-hydrogen) atoms. The second-order valence-electron chi connectivity index (χ2n) is 8.79. The lowest BCUT2D eigenvalue weighted by molar-refractivity contribution is -0.142. The van der Waals surface area contributed by atoms with E-state index in [0.717, 1.165) is 0 Å². The van der Waals surface area contributed by atoms with Crippen molar-refractivity contribution in [1.29, 1.82) is 0 Å². The van der Waals surface area contributed by atoms with E-state index in [2.05, 4.69) is 20.9 Å². The van der Waals surface area contributed by atoms with Crippen LogP contribution in [0.5, 0.6) is 5.75 Å². The Hall–Kier alpha value is -4.93. The number of nitrogens with two attached hydrogens (primary N) is 5. The number of rotatable bonds is 17. The van der Waals surface area contributed by atoms with E-state index in [4.69, 9.17) is 28.7 Å². The fraction of sp³-hybridized carbons (Fsp3) is 0.435. The molecule has 1 aromatic carbocycles. The maximum Gasteiger partial charge on any atom is 0.326 e. The van der Waals surface area contributed by atoms with Crippen LogP contribution in [0.1, 0.15) is 31.2 Å². The second kappa shape index (κ2) is 16.1. The van der Waals surface area contributed by atoms with Gasteiger partial charge in [-0.3, -0.25) is 29.0 Å². The Morgan fingerprint density at radius 1 is 0.775 bits per heavy atom. The Labute approximate surface area is 228 Å². The van der Waals surface area contributed by atoms with Gasteiger partial charge >= 0.3 is 5.97 Å². The van der Waals surface area contributed by atoms with Crippen LogP contribution in [0.4, 0.5) is 0 Å². The van der Waals surface area contributed by atoms with Crippen LogP contribution in [0.15, 0.2) is 29.3 Å². The summed E-state index contributed by atoms with van der Waals surface area (Å²) in [5, 5.41) is 25.5. The molecule has 17 heteroatoms. The molecule has 0 fully saturated rings. The number of aliphatic carboxylic acids is 1. The van der Waals surface area contributed by atoms with Gasteiger partial charge in [-0.05, 0) is 37.0 Å². The van der Waals surface area contributed by atoms with Crippen molar-refractivity contribution >= 4 is 41.5 Å². The summed E-state index contributed by atoms with van der Waals surface area (Å²) >= 11 is 0. The van der Waals surface area contributed by atoms with Crippen molar-refractivity contribution in [2.24, 2.45) is 33.7 Å². The van der Waals surface area contributed by atoms with Crippen molar-refractivity contribution in [2.75, 3.05) is 6.54 Å². The molecule has 0 saturated carbocycles. The van der Waals surface area contributed by atoms with E-state index in [9.17, 15) is 39.0 Å². The van der Waals surface area contributed by atoms with Crippen molar-refractivity contribution in [3.05, 3.63) is 29.8 Å². The number of benzene rings is 1. The molecule has 17 nitrogen and oxygen atoms in total. The predicted octanol–water partition coefficient (Wildman–Crippen LogP) is -4.39. The first-order chi connectivity index (χ1) is 18.7. The number of phenolic OH excluding ortho intramolecular Hbond substituents is 1. The third-order valence-electron chi connectivity index (χ3n) is 5.37. The monoisotopic (exact) mass is 565 g/mol. The van der Waals surface area contributed by atoms with E-state index in [-0.39, 0.29) is 37.5 Å². The van der Waals surface area contributed by atoms with Gasteiger partial charge in [-0.1, -0.05) is 12.1 Å². The summed E-state index contributed by atoms with van der Waals surface area (Å²) in [6.45, 7) is 0.0901. The molecular formula is C23H35N9O8. The number of aliphatic imine (C=N–C) groups is 1. The SMILES string of the molecule is NC(=O)CC(NC(=O)C(N)Cc1ccc(O)cc1)C(=O)NC(CC(N)=O)C(=O)NC(CCCN=C(N)N)C(=O)O. The zero-order chi connectivity index (χ0) is 30.4. The number of amides is 5. The lowest BCUT2D eigenvalue weighted by Crippen LogP contribution is -2.58. The van der Waals surface area contributed by atoms with E-state index in [0.29, 0.717) is 5.56 Å². The second-order valence-corrected chi connectivity index (χ2v) is 8.79. The van der Waals surface area contributed by atoms with E-state index in [1.807, 2.05) is 0 Å². The molecule has 0 saturated heterocycles. The third-order valence-corrected chi connectivity index (χ3v) is 5.37. The lowest BCUT2D eigenvalue weighted by atomic mass is 10.0. The van der Waals surface area contributed by atoms with Gasteiger partial charge in [-0.15, -0.1) is 0 Å². The molecule has 0 aliphatic rings. The van der Waals surface area contributed by atoms with Crippen LogP contribution in [0, 0.1) is 0 Å². The molecule has 15 N–H and O–H groups in total. The molecule has 1 rings (SSSR count). The highest BCUT2D eigenvalue weighted by atomic mass is 16.4. The Bertz CT molecular complexity index is 1110. The normalized spacial score (nSPS) is 13.5. The first kappa shape index (κ1) is 33.1. The van der Waals surface area contributed by atoms with Gasteiger partial charge in [0.1, 0.15) is 23.9 Å².